The average Bonchev–Trinajstić information content (AvgIpc) is 2.69. The maximum atomic E-state index is 12.6. The fourth-order valence-corrected chi connectivity index (χ4v) is 1.61. The normalized spacial score (nSPS) is 21.9. The number of alkyl halides is 3. The molecule has 0 bridgehead atoms. The molecule has 15 heavy (non-hydrogen) atoms. The third-order valence-corrected chi connectivity index (χ3v) is 2.26. The second-order valence-corrected chi connectivity index (χ2v) is 3.29. The van der Waals surface area contributed by atoms with Crippen LogP contribution in [-0.4, -0.2) is 13.2 Å². The van der Waals surface area contributed by atoms with Crippen molar-refractivity contribution < 1.29 is 17.9 Å². The number of ether oxygens (including phenoxy) is 1. The summed E-state index contributed by atoms with van der Waals surface area (Å²) in [6.45, 7) is 1.02. The van der Waals surface area contributed by atoms with Crippen LogP contribution < -0.4 is 5.32 Å². The summed E-state index contributed by atoms with van der Waals surface area (Å²) in [4.78, 5) is 0. The first-order chi connectivity index (χ1) is 7.09. The van der Waals surface area contributed by atoms with Gasteiger partial charge in [-0.2, -0.15) is 13.2 Å². The Bertz CT molecular complexity index is 345. The molecule has 0 spiro atoms. The van der Waals surface area contributed by atoms with Crippen LogP contribution in [0.3, 0.4) is 0 Å². The molecule has 0 saturated carbocycles. The van der Waals surface area contributed by atoms with E-state index in [0.717, 1.165) is 6.07 Å². The topological polar surface area (TPSA) is 21.3 Å². The van der Waals surface area contributed by atoms with Gasteiger partial charge >= 0.3 is 6.18 Å². The number of benzene rings is 1. The highest BCUT2D eigenvalue weighted by Crippen LogP contribution is 2.35. The van der Waals surface area contributed by atoms with Crippen LogP contribution in [0.1, 0.15) is 17.4 Å². The summed E-state index contributed by atoms with van der Waals surface area (Å²) in [6, 6.07) is 5.46. The standard InChI is InChI=1S/C10H10F3NO/c11-10(12,13)8-4-2-1-3-7(8)9-14-5-6-15-9/h1-4,9,14H,5-6H2. The Balaban J connectivity index is 2.37. The molecule has 1 heterocycles. The van der Waals surface area contributed by atoms with E-state index >= 15 is 0 Å². The third kappa shape index (κ3) is 2.13. The molecule has 1 atom stereocenters. The summed E-state index contributed by atoms with van der Waals surface area (Å²) in [6.07, 6.45) is -4.97. The predicted octanol–water partition coefficient (Wildman–Crippen LogP) is 2.32. The van der Waals surface area contributed by atoms with Gasteiger partial charge in [0.25, 0.3) is 0 Å². The molecule has 1 aliphatic rings. The summed E-state index contributed by atoms with van der Waals surface area (Å²) >= 11 is 0. The highest BCUT2D eigenvalue weighted by Gasteiger charge is 2.35. The van der Waals surface area contributed by atoms with Gasteiger partial charge in [-0.25, -0.2) is 0 Å². The first-order valence-corrected chi connectivity index (χ1v) is 4.60. The molecule has 1 N–H and O–H groups in total. The molecule has 0 aliphatic carbocycles. The van der Waals surface area contributed by atoms with Crippen LogP contribution in [0.2, 0.25) is 0 Å². The maximum Gasteiger partial charge on any atom is 0.416 e. The molecule has 5 heteroatoms. The van der Waals surface area contributed by atoms with Crippen LogP contribution in [0.25, 0.3) is 0 Å². The molecule has 2 rings (SSSR count). The molecule has 82 valence electrons. The number of hydrogen-bond acceptors (Lipinski definition) is 2. The molecule has 1 aromatic carbocycles. The largest absolute Gasteiger partial charge is 0.416 e. The van der Waals surface area contributed by atoms with Gasteiger partial charge in [-0.1, -0.05) is 18.2 Å². The van der Waals surface area contributed by atoms with E-state index < -0.39 is 18.0 Å². The van der Waals surface area contributed by atoms with Crippen LogP contribution >= 0.6 is 0 Å². The van der Waals surface area contributed by atoms with Gasteiger partial charge in [0.2, 0.25) is 0 Å². The Kier molecular flexibility index (Phi) is 2.67. The fraction of sp³-hybridized carbons (Fsp3) is 0.400. The minimum absolute atomic E-state index is 0.155. The average molecular weight is 217 g/mol. The second-order valence-electron chi connectivity index (χ2n) is 3.29. The van der Waals surface area contributed by atoms with Crippen molar-refractivity contribution in [2.75, 3.05) is 13.2 Å². The first-order valence-electron chi connectivity index (χ1n) is 4.60. The van der Waals surface area contributed by atoms with Crippen molar-refractivity contribution in [1.82, 2.24) is 5.32 Å². The zero-order chi connectivity index (χ0) is 10.9. The van der Waals surface area contributed by atoms with Gasteiger partial charge in [0, 0.05) is 12.1 Å². The highest BCUT2D eigenvalue weighted by atomic mass is 19.4. The summed E-state index contributed by atoms with van der Waals surface area (Å²) < 4.78 is 43.0. The number of halogens is 3. The van der Waals surface area contributed by atoms with E-state index in [1.54, 1.807) is 6.07 Å². The molecule has 0 amide bonds. The Hall–Kier alpha value is -1.07. The Morgan fingerprint density at radius 2 is 2.00 bits per heavy atom. The van der Waals surface area contributed by atoms with Gasteiger partial charge in [-0.05, 0) is 6.07 Å². The van der Waals surface area contributed by atoms with E-state index in [1.807, 2.05) is 0 Å². The molecular formula is C10H10F3NO. The van der Waals surface area contributed by atoms with Gasteiger partial charge in [0.15, 0.2) is 0 Å². The monoisotopic (exact) mass is 217 g/mol. The second kappa shape index (κ2) is 3.83. The van der Waals surface area contributed by atoms with Crippen molar-refractivity contribution in [2.24, 2.45) is 0 Å². The van der Waals surface area contributed by atoms with Crippen molar-refractivity contribution in [2.45, 2.75) is 12.4 Å². The molecule has 1 saturated heterocycles. The molecule has 0 aromatic heterocycles. The number of rotatable bonds is 1. The first kappa shape index (κ1) is 10.4. The minimum atomic E-state index is -4.33. The van der Waals surface area contributed by atoms with E-state index in [9.17, 15) is 13.2 Å². The lowest BCUT2D eigenvalue weighted by Crippen LogP contribution is -2.19. The van der Waals surface area contributed by atoms with Crippen LogP contribution in [0.4, 0.5) is 13.2 Å². The summed E-state index contributed by atoms with van der Waals surface area (Å²) in [5.74, 6) is 0. The fourth-order valence-electron chi connectivity index (χ4n) is 1.61. The Labute approximate surface area is 85.0 Å². The van der Waals surface area contributed by atoms with Gasteiger partial charge in [-0.3, -0.25) is 5.32 Å². The molecule has 1 aromatic rings. The zero-order valence-corrected chi connectivity index (χ0v) is 7.84. The molecular weight excluding hydrogens is 207 g/mol. The molecule has 0 radical (unpaired) electrons. The molecule has 2 nitrogen and oxygen atoms in total. The van der Waals surface area contributed by atoms with Gasteiger partial charge in [-0.15, -0.1) is 0 Å². The van der Waals surface area contributed by atoms with Crippen molar-refractivity contribution in [3.63, 3.8) is 0 Å². The Morgan fingerprint density at radius 3 is 2.60 bits per heavy atom. The van der Waals surface area contributed by atoms with Crippen LogP contribution in [0, 0.1) is 0 Å². The van der Waals surface area contributed by atoms with Crippen LogP contribution in [-0.2, 0) is 10.9 Å². The Morgan fingerprint density at radius 1 is 1.27 bits per heavy atom. The molecule has 1 unspecified atom stereocenters. The summed E-state index contributed by atoms with van der Waals surface area (Å²) in [5.41, 5.74) is -0.480. The van der Waals surface area contributed by atoms with Gasteiger partial charge in [0.05, 0.1) is 12.2 Å². The van der Waals surface area contributed by atoms with Crippen molar-refractivity contribution in [1.29, 1.82) is 0 Å². The summed E-state index contributed by atoms with van der Waals surface area (Å²) in [5, 5.41) is 2.86. The maximum absolute atomic E-state index is 12.6. The number of nitrogens with one attached hydrogen (secondary N) is 1. The van der Waals surface area contributed by atoms with Crippen molar-refractivity contribution >= 4 is 0 Å². The van der Waals surface area contributed by atoms with Crippen molar-refractivity contribution in [3.05, 3.63) is 35.4 Å². The van der Waals surface area contributed by atoms with E-state index in [4.69, 9.17) is 4.74 Å². The predicted molar refractivity (Wildman–Crippen MR) is 48.1 cm³/mol. The lowest BCUT2D eigenvalue weighted by atomic mass is 10.1. The van der Waals surface area contributed by atoms with E-state index in [-0.39, 0.29) is 5.56 Å². The SMILES string of the molecule is FC(F)(F)c1ccccc1C1NCCO1. The molecule has 1 fully saturated rings. The van der Waals surface area contributed by atoms with Crippen LogP contribution in [0.15, 0.2) is 24.3 Å². The minimum Gasteiger partial charge on any atom is -0.358 e. The van der Waals surface area contributed by atoms with Crippen molar-refractivity contribution in [3.8, 4) is 0 Å². The zero-order valence-electron chi connectivity index (χ0n) is 7.84. The van der Waals surface area contributed by atoms with Crippen LogP contribution in [0.5, 0.6) is 0 Å². The van der Waals surface area contributed by atoms with Gasteiger partial charge < -0.3 is 4.74 Å². The highest BCUT2D eigenvalue weighted by molar-refractivity contribution is 5.31. The molecule has 1 aliphatic heterocycles. The summed E-state index contributed by atoms with van der Waals surface area (Å²) in [7, 11) is 0. The lowest BCUT2D eigenvalue weighted by Gasteiger charge is -2.16. The smallest absolute Gasteiger partial charge is 0.358 e. The lowest BCUT2D eigenvalue weighted by molar-refractivity contribution is -0.139. The number of hydrogen-bond donors (Lipinski definition) is 1. The van der Waals surface area contributed by atoms with E-state index in [0.29, 0.717) is 13.2 Å². The quantitative estimate of drug-likeness (QED) is 0.779. The van der Waals surface area contributed by atoms with E-state index in [1.165, 1.54) is 12.1 Å². The van der Waals surface area contributed by atoms with Gasteiger partial charge in [0.1, 0.15) is 6.23 Å². The third-order valence-electron chi connectivity index (χ3n) is 2.26. The van der Waals surface area contributed by atoms with E-state index in [2.05, 4.69) is 5.32 Å².